The van der Waals surface area contributed by atoms with Crippen molar-refractivity contribution in [1.29, 1.82) is 0 Å². The summed E-state index contributed by atoms with van der Waals surface area (Å²) in [6.07, 6.45) is 0.729. The summed E-state index contributed by atoms with van der Waals surface area (Å²) in [4.78, 5) is 18.2. The minimum Gasteiger partial charge on any atom is -0.490 e. The number of halogens is 1. The maximum Gasteiger partial charge on any atom is 0.247 e. The number of carbonyl (C=O) groups excluding carboxylic acids is 1. The van der Waals surface area contributed by atoms with Crippen LogP contribution in [0.3, 0.4) is 0 Å². The Bertz CT molecular complexity index is 695. The molecular formula is C14H9BrN2O3. The zero-order valence-electron chi connectivity index (χ0n) is 10.5. The van der Waals surface area contributed by atoms with Crippen molar-refractivity contribution in [1.82, 2.24) is 4.98 Å². The monoisotopic (exact) mass is 332 g/mol. The molecule has 6 heteroatoms. The number of hydrogen-bond acceptors (Lipinski definition) is 4. The van der Waals surface area contributed by atoms with Gasteiger partial charge in [-0.3, -0.25) is 4.79 Å². The van der Waals surface area contributed by atoms with Gasteiger partial charge < -0.3 is 9.47 Å². The van der Waals surface area contributed by atoms with Gasteiger partial charge in [-0.2, -0.15) is 4.98 Å². The molecule has 0 aliphatic heterocycles. The lowest BCUT2D eigenvalue weighted by Crippen LogP contribution is -1.93. The van der Waals surface area contributed by atoms with Crippen molar-refractivity contribution in [2.24, 2.45) is 0 Å². The summed E-state index contributed by atoms with van der Waals surface area (Å²) in [5.74, 6) is 0.957. The Balaban J connectivity index is 2.31. The van der Waals surface area contributed by atoms with Crippen LogP contribution >= 0.6 is 15.9 Å². The Morgan fingerprint density at radius 2 is 2.15 bits per heavy atom. The van der Waals surface area contributed by atoms with Crippen molar-refractivity contribution in [2.75, 3.05) is 7.11 Å². The topological polar surface area (TPSA) is 52.8 Å². The molecule has 20 heavy (non-hydrogen) atoms. The summed E-state index contributed by atoms with van der Waals surface area (Å²) in [5, 5.41) is 0. The number of rotatable bonds is 4. The van der Waals surface area contributed by atoms with Gasteiger partial charge in [0.15, 0.2) is 6.29 Å². The summed E-state index contributed by atoms with van der Waals surface area (Å²) in [6.45, 7) is 6.98. The second-order valence-electron chi connectivity index (χ2n) is 3.69. The van der Waals surface area contributed by atoms with Gasteiger partial charge in [-0.05, 0) is 30.3 Å². The average Bonchev–Trinajstić information content (AvgIpc) is 2.49. The van der Waals surface area contributed by atoms with E-state index in [-0.39, 0.29) is 11.8 Å². The van der Waals surface area contributed by atoms with E-state index in [4.69, 9.17) is 16.0 Å². The first kappa shape index (κ1) is 14.0. The molecule has 0 bridgehead atoms. The molecule has 1 heterocycles. The summed E-state index contributed by atoms with van der Waals surface area (Å²) in [6, 6.07) is 8.14. The number of aromatic nitrogens is 1. The molecule has 0 spiro atoms. The van der Waals surface area contributed by atoms with Crippen molar-refractivity contribution in [3.8, 4) is 17.5 Å². The van der Waals surface area contributed by atoms with Crippen LogP contribution in [0.15, 0.2) is 34.8 Å². The van der Waals surface area contributed by atoms with E-state index in [1.54, 1.807) is 30.3 Å². The van der Waals surface area contributed by atoms with Crippen molar-refractivity contribution in [3.05, 3.63) is 51.8 Å². The minimum absolute atomic E-state index is 0.199. The molecule has 0 aliphatic carbocycles. The van der Waals surface area contributed by atoms with Gasteiger partial charge >= 0.3 is 0 Å². The lowest BCUT2D eigenvalue weighted by atomic mass is 10.2. The third-order valence-corrected chi connectivity index (χ3v) is 3.17. The van der Waals surface area contributed by atoms with Crippen LogP contribution < -0.4 is 9.47 Å². The molecule has 0 radical (unpaired) electrons. The van der Waals surface area contributed by atoms with Crippen LogP contribution in [0.4, 0.5) is 5.69 Å². The molecule has 0 atom stereocenters. The predicted molar refractivity (Wildman–Crippen MR) is 76.7 cm³/mol. The Morgan fingerprint density at radius 3 is 2.80 bits per heavy atom. The maximum absolute atomic E-state index is 10.9. The fourth-order valence-electron chi connectivity index (χ4n) is 1.50. The first-order valence-electron chi connectivity index (χ1n) is 5.53. The largest absolute Gasteiger partial charge is 0.490 e. The SMILES string of the molecule is [C-]#[N+]c1ccc(Oc2ccc(Br)c(C=O)c2)nc1OC. The highest BCUT2D eigenvalue weighted by atomic mass is 79.9. The molecule has 0 N–H and O–H groups in total. The lowest BCUT2D eigenvalue weighted by molar-refractivity contribution is 0.112. The van der Waals surface area contributed by atoms with Crippen LogP contribution in [0.5, 0.6) is 17.5 Å². The van der Waals surface area contributed by atoms with Gasteiger partial charge in [0, 0.05) is 10.0 Å². The zero-order chi connectivity index (χ0) is 14.5. The molecule has 1 aromatic heterocycles. The third-order valence-electron chi connectivity index (χ3n) is 2.45. The highest BCUT2D eigenvalue weighted by Crippen LogP contribution is 2.30. The summed E-state index contributed by atoms with van der Waals surface area (Å²) in [5.41, 5.74) is 0.788. The molecule has 0 amide bonds. The quantitative estimate of drug-likeness (QED) is 0.627. The van der Waals surface area contributed by atoms with E-state index in [1.165, 1.54) is 7.11 Å². The number of aldehydes is 1. The molecule has 100 valence electrons. The highest BCUT2D eigenvalue weighted by molar-refractivity contribution is 9.10. The highest BCUT2D eigenvalue weighted by Gasteiger charge is 2.08. The first-order chi connectivity index (χ1) is 9.67. The van der Waals surface area contributed by atoms with Crippen molar-refractivity contribution in [3.63, 3.8) is 0 Å². The van der Waals surface area contributed by atoms with E-state index in [0.29, 0.717) is 21.5 Å². The maximum atomic E-state index is 10.9. The van der Waals surface area contributed by atoms with Crippen molar-refractivity contribution in [2.45, 2.75) is 0 Å². The van der Waals surface area contributed by atoms with Gasteiger partial charge in [-0.15, -0.1) is 0 Å². The first-order valence-corrected chi connectivity index (χ1v) is 6.32. The van der Waals surface area contributed by atoms with Crippen LogP contribution in [0.25, 0.3) is 4.85 Å². The van der Waals surface area contributed by atoms with E-state index in [1.807, 2.05) is 0 Å². The van der Waals surface area contributed by atoms with Gasteiger partial charge in [-0.1, -0.05) is 15.9 Å². The average molecular weight is 333 g/mol. The van der Waals surface area contributed by atoms with E-state index in [2.05, 4.69) is 25.8 Å². The van der Waals surface area contributed by atoms with Crippen LogP contribution in [-0.4, -0.2) is 18.4 Å². The Kier molecular flexibility index (Phi) is 4.33. The molecule has 0 aliphatic rings. The second kappa shape index (κ2) is 6.17. The van der Waals surface area contributed by atoms with E-state index in [0.717, 1.165) is 6.29 Å². The lowest BCUT2D eigenvalue weighted by Gasteiger charge is -2.08. The van der Waals surface area contributed by atoms with E-state index < -0.39 is 0 Å². The normalized spacial score (nSPS) is 9.65. The Morgan fingerprint density at radius 1 is 1.35 bits per heavy atom. The molecule has 1 aromatic carbocycles. The molecule has 0 saturated carbocycles. The molecule has 0 saturated heterocycles. The number of methoxy groups -OCH3 is 1. The molecule has 2 rings (SSSR count). The van der Waals surface area contributed by atoms with Crippen LogP contribution in [0.2, 0.25) is 0 Å². The molecule has 5 nitrogen and oxygen atoms in total. The van der Waals surface area contributed by atoms with Gasteiger partial charge in [0.05, 0.1) is 13.7 Å². The number of hydrogen-bond donors (Lipinski definition) is 0. The summed E-state index contributed by atoms with van der Waals surface area (Å²) >= 11 is 3.26. The number of ether oxygens (including phenoxy) is 2. The fraction of sp³-hybridized carbons (Fsp3) is 0.0714. The van der Waals surface area contributed by atoms with E-state index >= 15 is 0 Å². The summed E-state index contributed by atoms with van der Waals surface area (Å²) in [7, 11) is 1.44. The smallest absolute Gasteiger partial charge is 0.247 e. The Hall–Kier alpha value is -2.39. The van der Waals surface area contributed by atoms with Gasteiger partial charge in [0.1, 0.15) is 5.75 Å². The van der Waals surface area contributed by atoms with E-state index in [9.17, 15) is 4.79 Å². The van der Waals surface area contributed by atoms with Crippen LogP contribution in [0.1, 0.15) is 10.4 Å². The predicted octanol–water partition coefficient (Wildman–Crippen LogP) is 4.01. The molecule has 2 aromatic rings. The molecular weight excluding hydrogens is 324 g/mol. The third kappa shape index (κ3) is 2.95. The number of carbonyl (C=O) groups is 1. The number of benzene rings is 1. The zero-order valence-corrected chi connectivity index (χ0v) is 12.0. The van der Waals surface area contributed by atoms with Gasteiger partial charge in [0.2, 0.25) is 17.4 Å². The number of nitrogens with zero attached hydrogens (tertiary/aromatic N) is 2. The van der Waals surface area contributed by atoms with Gasteiger partial charge in [0.25, 0.3) is 0 Å². The standard InChI is InChI=1S/C14H9BrN2O3/c1-16-12-5-6-13(17-14(12)19-2)20-10-3-4-11(15)9(7-10)8-18/h3-8H,2H3. The Labute approximate surface area is 124 Å². The number of pyridine rings is 1. The molecule has 0 fully saturated rings. The van der Waals surface area contributed by atoms with Gasteiger partial charge in [-0.25, -0.2) is 4.85 Å². The minimum atomic E-state index is 0.199. The van der Waals surface area contributed by atoms with Crippen molar-refractivity contribution < 1.29 is 14.3 Å². The molecule has 0 unspecified atom stereocenters. The van der Waals surface area contributed by atoms with Crippen LogP contribution in [-0.2, 0) is 0 Å². The van der Waals surface area contributed by atoms with Crippen LogP contribution in [0, 0.1) is 6.57 Å². The second-order valence-corrected chi connectivity index (χ2v) is 4.55. The fourth-order valence-corrected chi connectivity index (χ4v) is 1.84. The van der Waals surface area contributed by atoms with Crippen molar-refractivity contribution >= 4 is 27.9 Å². The summed E-state index contributed by atoms with van der Waals surface area (Å²) < 4.78 is 11.2.